The first-order chi connectivity index (χ1) is 7.25. The van der Waals surface area contributed by atoms with Gasteiger partial charge in [0.25, 0.3) is 0 Å². The Morgan fingerprint density at radius 3 is 2.25 bits per heavy atom. The predicted octanol–water partition coefficient (Wildman–Crippen LogP) is 1.64. The molecule has 1 rings (SSSR count). The van der Waals surface area contributed by atoms with E-state index in [-0.39, 0.29) is 5.92 Å². The van der Waals surface area contributed by atoms with Gasteiger partial charge in [0.15, 0.2) is 0 Å². The summed E-state index contributed by atoms with van der Waals surface area (Å²) < 4.78 is 0. The lowest BCUT2D eigenvalue weighted by Crippen LogP contribution is -2.32. The van der Waals surface area contributed by atoms with Gasteiger partial charge in [0.1, 0.15) is 5.84 Å². The van der Waals surface area contributed by atoms with E-state index >= 15 is 0 Å². The minimum absolute atomic E-state index is 0.0787. The largest absolute Gasteiger partial charge is 0.409 e. The van der Waals surface area contributed by atoms with Gasteiger partial charge in [0, 0.05) is 12.5 Å². The fraction of sp³-hybridized carbons (Fsp3) is 0.917. The molecule has 1 aliphatic rings. The van der Waals surface area contributed by atoms with Crippen LogP contribution in [-0.4, -0.2) is 24.1 Å². The maximum atomic E-state index is 8.53. The van der Waals surface area contributed by atoms with E-state index in [0.29, 0.717) is 22.6 Å². The second-order valence-corrected chi connectivity index (χ2v) is 6.08. The predicted molar refractivity (Wildman–Crippen MR) is 66.5 cm³/mol. The Morgan fingerprint density at radius 1 is 1.38 bits per heavy atom. The van der Waals surface area contributed by atoms with E-state index in [1.165, 1.54) is 0 Å². The molecule has 16 heavy (non-hydrogen) atoms. The summed E-state index contributed by atoms with van der Waals surface area (Å²) in [4.78, 5) is 0. The molecular weight excluding hydrogens is 202 g/mol. The van der Waals surface area contributed by atoms with Crippen molar-refractivity contribution in [1.82, 2.24) is 5.32 Å². The molecule has 1 unspecified atom stereocenters. The van der Waals surface area contributed by atoms with Crippen LogP contribution in [0.25, 0.3) is 0 Å². The highest BCUT2D eigenvalue weighted by molar-refractivity contribution is 5.82. The first kappa shape index (κ1) is 13.3. The molecule has 4 heteroatoms. The number of hydrogen-bond acceptors (Lipinski definition) is 3. The van der Waals surface area contributed by atoms with Crippen LogP contribution in [0.2, 0.25) is 0 Å². The van der Waals surface area contributed by atoms with Crippen LogP contribution in [0.1, 0.15) is 34.6 Å². The van der Waals surface area contributed by atoms with Crippen molar-refractivity contribution in [2.75, 3.05) is 13.1 Å². The average molecular weight is 227 g/mol. The zero-order valence-corrected chi connectivity index (χ0v) is 11.0. The summed E-state index contributed by atoms with van der Waals surface area (Å²) in [6.45, 7) is 13.0. The van der Waals surface area contributed by atoms with Gasteiger partial charge in [-0.2, -0.15) is 0 Å². The molecule has 4 nitrogen and oxygen atoms in total. The first-order valence-corrected chi connectivity index (χ1v) is 5.93. The van der Waals surface area contributed by atoms with Crippen LogP contribution < -0.4 is 11.1 Å². The average Bonchev–Trinajstić information content (AvgIpc) is 2.58. The van der Waals surface area contributed by atoms with Crippen LogP contribution in [0, 0.1) is 22.7 Å². The van der Waals surface area contributed by atoms with Crippen LogP contribution in [0.3, 0.4) is 0 Å². The molecule has 4 N–H and O–H groups in total. The van der Waals surface area contributed by atoms with Crippen molar-refractivity contribution in [2.24, 2.45) is 33.6 Å². The molecule has 0 amide bonds. The molecule has 0 aromatic carbocycles. The summed E-state index contributed by atoms with van der Waals surface area (Å²) in [5.41, 5.74) is 6.35. The topological polar surface area (TPSA) is 70.6 Å². The van der Waals surface area contributed by atoms with Crippen molar-refractivity contribution in [3.63, 3.8) is 0 Å². The summed E-state index contributed by atoms with van der Waals surface area (Å²) in [6.07, 6.45) is 0. The number of oxime groups is 1. The number of nitrogens with zero attached hydrogens (tertiary/aromatic N) is 1. The summed E-state index contributed by atoms with van der Waals surface area (Å²) in [5, 5.41) is 14.9. The van der Waals surface area contributed by atoms with Gasteiger partial charge >= 0.3 is 0 Å². The third-order valence-corrected chi connectivity index (χ3v) is 4.74. The maximum absolute atomic E-state index is 8.53. The molecule has 0 heterocycles. The van der Waals surface area contributed by atoms with Crippen molar-refractivity contribution in [3.05, 3.63) is 0 Å². The summed E-state index contributed by atoms with van der Waals surface area (Å²) in [5.74, 6) is 1.08. The molecular formula is C12H25N3O. The number of rotatable bonds is 5. The Labute approximate surface area is 98.3 Å². The minimum Gasteiger partial charge on any atom is -0.409 e. The monoisotopic (exact) mass is 227 g/mol. The summed E-state index contributed by atoms with van der Waals surface area (Å²) in [7, 11) is 0. The molecule has 1 aliphatic carbocycles. The van der Waals surface area contributed by atoms with Gasteiger partial charge in [-0.15, -0.1) is 0 Å². The Hall–Kier alpha value is -0.770. The molecule has 0 bridgehead atoms. The van der Waals surface area contributed by atoms with Crippen molar-refractivity contribution in [3.8, 4) is 0 Å². The molecule has 1 saturated carbocycles. The van der Waals surface area contributed by atoms with E-state index in [0.717, 1.165) is 13.1 Å². The molecule has 1 fully saturated rings. The van der Waals surface area contributed by atoms with E-state index < -0.39 is 0 Å². The highest BCUT2D eigenvalue weighted by atomic mass is 16.4. The van der Waals surface area contributed by atoms with E-state index in [1.54, 1.807) is 0 Å². The van der Waals surface area contributed by atoms with Crippen LogP contribution in [0.5, 0.6) is 0 Å². The lowest BCUT2D eigenvalue weighted by molar-refractivity contribution is 0.314. The second-order valence-electron chi connectivity index (χ2n) is 6.08. The quantitative estimate of drug-likeness (QED) is 0.289. The van der Waals surface area contributed by atoms with Crippen LogP contribution in [0.15, 0.2) is 5.16 Å². The van der Waals surface area contributed by atoms with E-state index in [2.05, 4.69) is 38.2 Å². The van der Waals surface area contributed by atoms with Gasteiger partial charge in [0.2, 0.25) is 0 Å². The molecule has 94 valence electrons. The lowest BCUT2D eigenvalue weighted by atomic mass is 10.0. The van der Waals surface area contributed by atoms with Crippen LogP contribution in [-0.2, 0) is 0 Å². The fourth-order valence-electron chi connectivity index (χ4n) is 2.49. The van der Waals surface area contributed by atoms with Crippen LogP contribution in [0.4, 0.5) is 0 Å². The maximum Gasteiger partial charge on any atom is 0.143 e. The standard InChI is InChI=1S/C12H25N3O/c1-8(10(13)15-16)6-14-7-9-11(2,3)12(9,4)5/h8-9,14,16H,6-7H2,1-5H3,(H2,13,15). The van der Waals surface area contributed by atoms with Crippen molar-refractivity contribution < 1.29 is 5.21 Å². The zero-order chi connectivity index (χ0) is 12.6. The highest BCUT2D eigenvalue weighted by Gasteiger charge is 2.63. The van der Waals surface area contributed by atoms with Crippen molar-refractivity contribution in [2.45, 2.75) is 34.6 Å². The molecule has 0 spiro atoms. The zero-order valence-electron chi connectivity index (χ0n) is 11.0. The number of hydrogen-bond donors (Lipinski definition) is 3. The lowest BCUT2D eigenvalue weighted by Gasteiger charge is -2.11. The Kier molecular flexibility index (Phi) is 3.53. The van der Waals surface area contributed by atoms with E-state index in [1.807, 2.05) is 6.92 Å². The number of amidine groups is 1. The molecule has 0 radical (unpaired) electrons. The summed E-state index contributed by atoms with van der Waals surface area (Å²) in [6, 6.07) is 0. The Morgan fingerprint density at radius 2 is 1.88 bits per heavy atom. The van der Waals surface area contributed by atoms with Gasteiger partial charge < -0.3 is 16.3 Å². The molecule has 0 aliphatic heterocycles. The Balaban J connectivity index is 2.29. The number of nitrogens with one attached hydrogen (secondary N) is 1. The molecule has 0 aromatic rings. The second kappa shape index (κ2) is 4.24. The van der Waals surface area contributed by atoms with Gasteiger partial charge in [-0.3, -0.25) is 0 Å². The third kappa shape index (κ3) is 2.17. The van der Waals surface area contributed by atoms with Gasteiger partial charge in [-0.25, -0.2) is 0 Å². The van der Waals surface area contributed by atoms with Gasteiger partial charge in [-0.1, -0.05) is 39.8 Å². The third-order valence-electron chi connectivity index (χ3n) is 4.74. The SMILES string of the molecule is CC(CNCC1C(C)(C)C1(C)C)C(N)=NO. The molecule has 1 atom stereocenters. The molecule has 0 aromatic heterocycles. The van der Waals surface area contributed by atoms with E-state index in [4.69, 9.17) is 10.9 Å². The number of nitrogens with two attached hydrogens (primary N) is 1. The van der Waals surface area contributed by atoms with Gasteiger partial charge in [-0.05, 0) is 23.3 Å². The highest BCUT2D eigenvalue weighted by Crippen LogP contribution is 2.67. The first-order valence-electron chi connectivity index (χ1n) is 5.93. The van der Waals surface area contributed by atoms with Gasteiger partial charge in [0.05, 0.1) is 0 Å². The normalized spacial score (nSPS) is 25.4. The van der Waals surface area contributed by atoms with Crippen LogP contribution >= 0.6 is 0 Å². The minimum atomic E-state index is 0.0787. The van der Waals surface area contributed by atoms with Crippen molar-refractivity contribution >= 4 is 5.84 Å². The molecule has 0 saturated heterocycles. The van der Waals surface area contributed by atoms with E-state index in [9.17, 15) is 0 Å². The fourth-order valence-corrected chi connectivity index (χ4v) is 2.49. The smallest absolute Gasteiger partial charge is 0.143 e. The Bertz CT molecular complexity index is 270. The van der Waals surface area contributed by atoms with Crippen molar-refractivity contribution in [1.29, 1.82) is 0 Å². The summed E-state index contributed by atoms with van der Waals surface area (Å²) >= 11 is 0.